The van der Waals surface area contributed by atoms with E-state index in [9.17, 15) is 0 Å². The fraction of sp³-hybridized carbons (Fsp3) is 0.133. The Balaban J connectivity index is 2.36. The number of nitrogens with one attached hydrogen (secondary N) is 1. The second-order valence-electron chi connectivity index (χ2n) is 4.14. The molecular weight excluding hydrogens is 304 g/mol. The zero-order chi connectivity index (χ0) is 13.8. The van der Waals surface area contributed by atoms with Crippen LogP contribution in [0.4, 0.5) is 11.4 Å². The van der Waals surface area contributed by atoms with E-state index in [1.54, 1.807) is 19.2 Å². The first-order chi connectivity index (χ1) is 9.13. The SMILES string of the molecule is COc1ccc(C)cc1Nc1ccc(C#N)cc1Br. The topological polar surface area (TPSA) is 45.0 Å². The van der Waals surface area contributed by atoms with Crippen LogP contribution in [0.1, 0.15) is 11.1 Å². The van der Waals surface area contributed by atoms with Crippen LogP contribution >= 0.6 is 15.9 Å². The van der Waals surface area contributed by atoms with Crippen molar-refractivity contribution < 1.29 is 4.74 Å². The van der Waals surface area contributed by atoms with Crippen LogP contribution in [-0.2, 0) is 0 Å². The predicted molar refractivity (Wildman–Crippen MR) is 79.9 cm³/mol. The highest BCUT2D eigenvalue weighted by atomic mass is 79.9. The predicted octanol–water partition coefficient (Wildman–Crippen LogP) is 4.38. The van der Waals surface area contributed by atoms with E-state index in [1.807, 2.05) is 31.2 Å². The monoisotopic (exact) mass is 316 g/mol. The smallest absolute Gasteiger partial charge is 0.142 e. The third-order valence-electron chi connectivity index (χ3n) is 2.72. The summed E-state index contributed by atoms with van der Waals surface area (Å²) in [6, 6.07) is 13.5. The number of hydrogen-bond donors (Lipinski definition) is 1. The van der Waals surface area contributed by atoms with Crippen molar-refractivity contribution in [2.24, 2.45) is 0 Å². The molecule has 0 heterocycles. The molecular formula is C15H13BrN2O. The molecule has 2 aromatic carbocycles. The third-order valence-corrected chi connectivity index (χ3v) is 3.38. The van der Waals surface area contributed by atoms with Crippen LogP contribution in [0.5, 0.6) is 5.75 Å². The van der Waals surface area contributed by atoms with Crippen molar-refractivity contribution in [1.82, 2.24) is 0 Å². The molecule has 0 saturated carbocycles. The van der Waals surface area contributed by atoms with Gasteiger partial charge in [0.25, 0.3) is 0 Å². The largest absolute Gasteiger partial charge is 0.495 e. The van der Waals surface area contributed by atoms with E-state index in [4.69, 9.17) is 10.00 Å². The van der Waals surface area contributed by atoms with Gasteiger partial charge in [-0.1, -0.05) is 6.07 Å². The quantitative estimate of drug-likeness (QED) is 0.913. The summed E-state index contributed by atoms with van der Waals surface area (Å²) in [5, 5.41) is 12.2. The summed E-state index contributed by atoms with van der Waals surface area (Å²) in [6.45, 7) is 2.03. The van der Waals surface area contributed by atoms with Crippen molar-refractivity contribution in [2.45, 2.75) is 6.92 Å². The first kappa shape index (κ1) is 13.4. The highest BCUT2D eigenvalue weighted by molar-refractivity contribution is 9.10. The fourth-order valence-corrected chi connectivity index (χ4v) is 2.23. The van der Waals surface area contributed by atoms with Gasteiger partial charge in [0.05, 0.1) is 30.1 Å². The number of ether oxygens (including phenoxy) is 1. The minimum absolute atomic E-state index is 0.619. The lowest BCUT2D eigenvalue weighted by Gasteiger charge is -2.13. The second-order valence-corrected chi connectivity index (χ2v) is 4.99. The van der Waals surface area contributed by atoms with Crippen molar-refractivity contribution in [3.63, 3.8) is 0 Å². The van der Waals surface area contributed by atoms with E-state index in [0.717, 1.165) is 27.2 Å². The number of rotatable bonds is 3. The third kappa shape index (κ3) is 3.07. The molecule has 2 rings (SSSR count). The molecule has 0 bridgehead atoms. The maximum atomic E-state index is 8.85. The number of halogens is 1. The zero-order valence-electron chi connectivity index (χ0n) is 10.7. The molecule has 96 valence electrons. The molecule has 0 aliphatic rings. The minimum Gasteiger partial charge on any atom is -0.495 e. The van der Waals surface area contributed by atoms with Gasteiger partial charge in [0, 0.05) is 4.47 Å². The summed E-state index contributed by atoms with van der Waals surface area (Å²) in [5.74, 6) is 0.779. The summed E-state index contributed by atoms with van der Waals surface area (Å²) in [6.07, 6.45) is 0. The van der Waals surface area contributed by atoms with E-state index in [-0.39, 0.29) is 0 Å². The molecule has 0 aromatic heterocycles. The van der Waals surface area contributed by atoms with Gasteiger partial charge in [-0.05, 0) is 58.7 Å². The van der Waals surface area contributed by atoms with Crippen LogP contribution in [0.3, 0.4) is 0 Å². The lowest BCUT2D eigenvalue weighted by Crippen LogP contribution is -1.96. The average Bonchev–Trinajstić information content (AvgIpc) is 2.41. The van der Waals surface area contributed by atoms with Crippen molar-refractivity contribution >= 4 is 27.3 Å². The van der Waals surface area contributed by atoms with Crippen LogP contribution in [-0.4, -0.2) is 7.11 Å². The van der Waals surface area contributed by atoms with Crippen molar-refractivity contribution in [1.29, 1.82) is 5.26 Å². The molecule has 0 atom stereocenters. The van der Waals surface area contributed by atoms with Crippen LogP contribution < -0.4 is 10.1 Å². The maximum absolute atomic E-state index is 8.85. The van der Waals surface area contributed by atoms with E-state index in [1.165, 1.54) is 0 Å². The van der Waals surface area contributed by atoms with E-state index >= 15 is 0 Å². The Labute approximate surface area is 121 Å². The van der Waals surface area contributed by atoms with Crippen LogP contribution in [0.25, 0.3) is 0 Å². The molecule has 0 radical (unpaired) electrons. The van der Waals surface area contributed by atoms with Crippen LogP contribution in [0.15, 0.2) is 40.9 Å². The molecule has 19 heavy (non-hydrogen) atoms. The van der Waals surface area contributed by atoms with Gasteiger partial charge in [-0.15, -0.1) is 0 Å². The summed E-state index contributed by atoms with van der Waals surface area (Å²) in [4.78, 5) is 0. The lowest BCUT2D eigenvalue weighted by atomic mass is 10.2. The first-order valence-corrected chi connectivity index (χ1v) is 6.54. The molecule has 0 amide bonds. The van der Waals surface area contributed by atoms with Crippen LogP contribution in [0.2, 0.25) is 0 Å². The first-order valence-electron chi connectivity index (χ1n) is 5.75. The number of anilines is 2. The van der Waals surface area contributed by atoms with Gasteiger partial charge < -0.3 is 10.1 Å². The fourth-order valence-electron chi connectivity index (χ4n) is 1.75. The van der Waals surface area contributed by atoms with Gasteiger partial charge in [-0.2, -0.15) is 5.26 Å². The van der Waals surface area contributed by atoms with Gasteiger partial charge in [-0.3, -0.25) is 0 Å². The van der Waals surface area contributed by atoms with Crippen molar-refractivity contribution in [3.05, 3.63) is 52.0 Å². The van der Waals surface area contributed by atoms with E-state index in [2.05, 4.69) is 27.3 Å². The molecule has 0 aliphatic heterocycles. The minimum atomic E-state index is 0.619. The molecule has 0 saturated heterocycles. The molecule has 2 aromatic rings. The summed E-state index contributed by atoms with van der Waals surface area (Å²) in [7, 11) is 1.64. The normalized spacial score (nSPS) is 9.79. The lowest BCUT2D eigenvalue weighted by molar-refractivity contribution is 0.416. The van der Waals surface area contributed by atoms with Crippen molar-refractivity contribution in [2.75, 3.05) is 12.4 Å². The van der Waals surface area contributed by atoms with Crippen molar-refractivity contribution in [3.8, 4) is 11.8 Å². The molecule has 4 heteroatoms. The number of nitrogens with zero attached hydrogens (tertiary/aromatic N) is 1. The number of methoxy groups -OCH3 is 1. The van der Waals surface area contributed by atoms with Gasteiger partial charge >= 0.3 is 0 Å². The maximum Gasteiger partial charge on any atom is 0.142 e. The summed E-state index contributed by atoms with van der Waals surface area (Å²) >= 11 is 3.46. The Bertz CT molecular complexity index is 647. The number of benzene rings is 2. The Hall–Kier alpha value is -1.99. The highest BCUT2D eigenvalue weighted by Crippen LogP contribution is 2.32. The summed E-state index contributed by atoms with van der Waals surface area (Å²) < 4.78 is 6.17. The standard InChI is InChI=1S/C15H13BrN2O/c1-10-3-6-15(19-2)14(7-10)18-13-5-4-11(9-17)8-12(13)16/h3-8,18H,1-2H3. The Morgan fingerprint density at radius 2 is 1.95 bits per heavy atom. The summed E-state index contributed by atoms with van der Waals surface area (Å²) in [5.41, 5.74) is 3.55. The number of hydrogen-bond acceptors (Lipinski definition) is 3. The average molecular weight is 317 g/mol. The molecule has 0 fully saturated rings. The highest BCUT2D eigenvalue weighted by Gasteiger charge is 2.06. The molecule has 3 nitrogen and oxygen atoms in total. The zero-order valence-corrected chi connectivity index (χ0v) is 12.3. The molecule has 0 spiro atoms. The van der Waals surface area contributed by atoms with E-state index in [0.29, 0.717) is 5.56 Å². The van der Waals surface area contributed by atoms with Gasteiger partial charge in [0.1, 0.15) is 5.75 Å². The van der Waals surface area contributed by atoms with Crippen LogP contribution in [0, 0.1) is 18.3 Å². The molecule has 0 unspecified atom stereocenters. The molecule has 1 N–H and O–H groups in total. The number of aryl methyl sites for hydroxylation is 1. The second kappa shape index (κ2) is 5.77. The van der Waals surface area contributed by atoms with Gasteiger partial charge in [-0.25, -0.2) is 0 Å². The van der Waals surface area contributed by atoms with E-state index < -0.39 is 0 Å². The van der Waals surface area contributed by atoms with Gasteiger partial charge in [0.15, 0.2) is 0 Å². The van der Waals surface area contributed by atoms with Gasteiger partial charge in [0.2, 0.25) is 0 Å². The molecule has 0 aliphatic carbocycles. The Morgan fingerprint density at radius 3 is 2.58 bits per heavy atom. The Kier molecular flexibility index (Phi) is 4.08. The number of nitriles is 1. The Morgan fingerprint density at radius 1 is 1.16 bits per heavy atom.